The number of esters is 1. The zero-order valence-electron chi connectivity index (χ0n) is 17.7. The Labute approximate surface area is 168 Å². The highest BCUT2D eigenvalue weighted by Gasteiger charge is 2.19. The van der Waals surface area contributed by atoms with Crippen molar-refractivity contribution in [3.8, 4) is 0 Å². The maximum absolute atomic E-state index is 12.7. The van der Waals surface area contributed by atoms with Gasteiger partial charge in [0.1, 0.15) is 0 Å². The minimum absolute atomic E-state index is 0.114. The largest absolute Gasteiger partial charge is 0.462 e. The summed E-state index contributed by atoms with van der Waals surface area (Å²) in [5.41, 5.74) is 2.30. The molecule has 0 radical (unpaired) electrons. The van der Waals surface area contributed by atoms with Crippen molar-refractivity contribution in [1.29, 1.82) is 0 Å². The van der Waals surface area contributed by atoms with Gasteiger partial charge < -0.3 is 13.9 Å². The number of carbonyl (C=O) groups is 1. The van der Waals surface area contributed by atoms with Gasteiger partial charge in [-0.15, -0.1) is 0 Å². The van der Waals surface area contributed by atoms with E-state index in [0.717, 1.165) is 16.0 Å². The lowest BCUT2D eigenvalue weighted by molar-refractivity contribution is 0.0494. The molecule has 0 spiro atoms. The zero-order valence-corrected chi connectivity index (χ0v) is 17.7. The van der Waals surface area contributed by atoms with Gasteiger partial charge in [-0.1, -0.05) is 0 Å². The summed E-state index contributed by atoms with van der Waals surface area (Å²) in [6.45, 7) is 8.25. The summed E-state index contributed by atoms with van der Waals surface area (Å²) in [4.78, 5) is 41.7. The molecule has 156 valence electrons. The summed E-state index contributed by atoms with van der Waals surface area (Å²) in [5, 5.41) is 0. The fourth-order valence-electron chi connectivity index (χ4n) is 3.84. The maximum atomic E-state index is 12.7. The number of aromatic nitrogens is 5. The number of nitrogens with zero attached hydrogens (tertiary/aromatic N) is 5. The lowest BCUT2D eigenvalue weighted by Gasteiger charge is -2.13. The first-order chi connectivity index (χ1) is 13.6. The van der Waals surface area contributed by atoms with Crippen molar-refractivity contribution in [2.24, 2.45) is 14.1 Å². The summed E-state index contributed by atoms with van der Waals surface area (Å²) >= 11 is 0. The molecule has 0 aliphatic heterocycles. The quantitative estimate of drug-likeness (QED) is 0.463. The van der Waals surface area contributed by atoms with Gasteiger partial charge in [0.05, 0.1) is 18.5 Å². The Morgan fingerprint density at radius 2 is 1.90 bits per heavy atom. The molecule has 29 heavy (non-hydrogen) atoms. The Hall–Kier alpha value is -3.10. The van der Waals surface area contributed by atoms with E-state index in [1.807, 2.05) is 19.9 Å². The maximum Gasteiger partial charge on any atom is 0.339 e. The molecule has 0 amide bonds. The molecule has 3 aromatic rings. The van der Waals surface area contributed by atoms with Crippen LogP contribution in [-0.4, -0.2) is 35.8 Å². The van der Waals surface area contributed by atoms with Gasteiger partial charge in [0, 0.05) is 38.1 Å². The predicted molar refractivity (Wildman–Crippen MR) is 109 cm³/mol. The van der Waals surface area contributed by atoms with E-state index in [0.29, 0.717) is 23.1 Å². The molecule has 0 bridgehead atoms. The van der Waals surface area contributed by atoms with E-state index in [4.69, 9.17) is 4.74 Å². The number of fused-ring (bicyclic) bond motifs is 1. The van der Waals surface area contributed by atoms with E-state index in [9.17, 15) is 14.4 Å². The number of carbonyl (C=O) groups excluding carboxylic acids is 1. The van der Waals surface area contributed by atoms with Gasteiger partial charge in [-0.05, 0) is 40.2 Å². The van der Waals surface area contributed by atoms with Crippen LogP contribution in [0.25, 0.3) is 11.2 Å². The van der Waals surface area contributed by atoms with Crippen molar-refractivity contribution in [2.45, 2.75) is 46.7 Å². The van der Waals surface area contributed by atoms with Crippen LogP contribution in [0.3, 0.4) is 0 Å². The minimum atomic E-state index is -0.437. The van der Waals surface area contributed by atoms with Crippen molar-refractivity contribution < 1.29 is 9.53 Å². The van der Waals surface area contributed by atoms with Crippen LogP contribution in [-0.2, 0) is 25.4 Å². The third-order valence-electron chi connectivity index (χ3n) is 5.18. The highest BCUT2D eigenvalue weighted by molar-refractivity contribution is 5.91. The fourth-order valence-corrected chi connectivity index (χ4v) is 3.84. The molecular formula is C20H27N5O4. The summed E-state index contributed by atoms with van der Waals surface area (Å²) in [5.74, 6) is -0.396. The van der Waals surface area contributed by atoms with Gasteiger partial charge >= 0.3 is 11.7 Å². The first kappa shape index (κ1) is 20.6. The monoisotopic (exact) mass is 401 g/mol. The van der Waals surface area contributed by atoms with Gasteiger partial charge in [-0.2, -0.15) is 0 Å². The third kappa shape index (κ3) is 3.52. The minimum Gasteiger partial charge on any atom is -0.462 e. The smallest absolute Gasteiger partial charge is 0.339 e. The Morgan fingerprint density at radius 1 is 1.21 bits per heavy atom. The van der Waals surface area contributed by atoms with Crippen LogP contribution in [0.4, 0.5) is 0 Å². The number of hydrogen-bond acceptors (Lipinski definition) is 5. The lowest BCUT2D eigenvalue weighted by atomic mass is 10.2. The molecule has 0 unspecified atom stereocenters. The van der Waals surface area contributed by atoms with Crippen molar-refractivity contribution in [2.75, 3.05) is 6.61 Å². The average Bonchev–Trinajstić information content (AvgIpc) is 3.18. The number of aryl methyl sites for hydroxylation is 3. The van der Waals surface area contributed by atoms with Crippen molar-refractivity contribution in [3.05, 3.63) is 50.2 Å². The number of rotatable bonds is 6. The lowest BCUT2D eigenvalue weighted by Crippen LogP contribution is -2.39. The third-order valence-corrected chi connectivity index (χ3v) is 5.18. The van der Waals surface area contributed by atoms with E-state index >= 15 is 0 Å². The molecule has 0 aromatic carbocycles. The Bertz CT molecular complexity index is 1190. The first-order valence-corrected chi connectivity index (χ1v) is 9.61. The second-order valence-corrected chi connectivity index (χ2v) is 7.56. The molecule has 3 heterocycles. The van der Waals surface area contributed by atoms with Crippen LogP contribution < -0.4 is 11.2 Å². The molecule has 0 aliphatic carbocycles. The van der Waals surface area contributed by atoms with E-state index < -0.39 is 17.2 Å². The van der Waals surface area contributed by atoms with Crippen LogP contribution >= 0.6 is 0 Å². The number of ether oxygens (including phenoxy) is 1. The molecular weight excluding hydrogens is 374 g/mol. The van der Waals surface area contributed by atoms with E-state index in [1.54, 1.807) is 18.7 Å². The second kappa shape index (κ2) is 7.73. The molecule has 9 heteroatoms. The highest BCUT2D eigenvalue weighted by atomic mass is 16.5. The zero-order chi connectivity index (χ0) is 21.5. The van der Waals surface area contributed by atoms with Crippen LogP contribution in [0.5, 0.6) is 0 Å². The molecule has 0 saturated heterocycles. The standard InChI is InChI=1S/C20H27N5O4/c1-12(2)25-13(3)10-15(14(25)4)19(27)29-9-7-8-24-18(26)16-17(21-11-22(16)5)23(6)20(24)28/h10-12H,7-9H2,1-6H3. The SMILES string of the molecule is Cc1cc(C(=O)OCCCn2c(=O)c3c(ncn3C)n(C)c2=O)c(C)n1C(C)C. The van der Waals surface area contributed by atoms with Gasteiger partial charge in [0.15, 0.2) is 11.2 Å². The molecule has 0 saturated carbocycles. The van der Waals surface area contributed by atoms with Crippen molar-refractivity contribution in [3.63, 3.8) is 0 Å². The van der Waals surface area contributed by atoms with Gasteiger partial charge in [-0.25, -0.2) is 14.6 Å². The Morgan fingerprint density at radius 3 is 2.52 bits per heavy atom. The number of hydrogen-bond donors (Lipinski definition) is 0. The summed E-state index contributed by atoms with van der Waals surface area (Å²) in [6.07, 6.45) is 1.86. The highest BCUT2D eigenvalue weighted by Crippen LogP contribution is 2.20. The second-order valence-electron chi connectivity index (χ2n) is 7.56. The molecule has 9 nitrogen and oxygen atoms in total. The van der Waals surface area contributed by atoms with Crippen LogP contribution in [0, 0.1) is 13.8 Å². The van der Waals surface area contributed by atoms with Gasteiger partial charge in [0.2, 0.25) is 0 Å². The van der Waals surface area contributed by atoms with E-state index in [2.05, 4.69) is 23.4 Å². The average molecular weight is 401 g/mol. The van der Waals surface area contributed by atoms with E-state index in [-0.39, 0.29) is 19.2 Å². The molecule has 0 N–H and O–H groups in total. The van der Waals surface area contributed by atoms with Crippen molar-refractivity contribution in [1.82, 2.24) is 23.3 Å². The van der Waals surface area contributed by atoms with Crippen LogP contribution in [0.2, 0.25) is 0 Å². The molecule has 0 fully saturated rings. The summed E-state index contributed by atoms with van der Waals surface area (Å²) in [7, 11) is 3.29. The predicted octanol–water partition coefficient (Wildman–Crippen LogP) is 1.68. The van der Waals surface area contributed by atoms with Crippen LogP contribution in [0.15, 0.2) is 22.0 Å². The number of imidazole rings is 1. The molecule has 3 rings (SSSR count). The molecule has 0 aliphatic rings. The van der Waals surface area contributed by atoms with Crippen molar-refractivity contribution >= 4 is 17.1 Å². The summed E-state index contributed by atoms with van der Waals surface area (Å²) < 4.78 is 11.6. The van der Waals surface area contributed by atoms with E-state index in [1.165, 1.54) is 10.9 Å². The Balaban J connectivity index is 1.71. The Kier molecular flexibility index (Phi) is 5.50. The van der Waals surface area contributed by atoms with Gasteiger partial charge in [-0.3, -0.25) is 13.9 Å². The molecule has 3 aromatic heterocycles. The molecule has 0 atom stereocenters. The topological polar surface area (TPSA) is 93.1 Å². The summed E-state index contributed by atoms with van der Waals surface area (Å²) in [6, 6.07) is 2.08. The van der Waals surface area contributed by atoms with Gasteiger partial charge in [0.25, 0.3) is 5.56 Å². The van der Waals surface area contributed by atoms with Crippen LogP contribution in [0.1, 0.15) is 48.1 Å². The fraction of sp³-hybridized carbons (Fsp3) is 0.500. The normalized spacial score (nSPS) is 11.6. The first-order valence-electron chi connectivity index (χ1n) is 9.61.